The van der Waals surface area contributed by atoms with Gasteiger partial charge in [0.1, 0.15) is 0 Å². The summed E-state index contributed by atoms with van der Waals surface area (Å²) >= 11 is 0. The summed E-state index contributed by atoms with van der Waals surface area (Å²) < 4.78 is 0. The van der Waals surface area contributed by atoms with E-state index in [1.807, 2.05) is 5.48 Å². The number of nitrogens with one attached hydrogen (secondary N) is 1. The number of hydroxylamine groups is 1. The molecule has 0 radical (unpaired) electrons. The molecule has 0 amide bonds. The minimum atomic E-state index is -2.17. The lowest BCUT2D eigenvalue weighted by Crippen LogP contribution is -2.17. The Labute approximate surface area is 53.1 Å². The van der Waals surface area contributed by atoms with Crippen molar-refractivity contribution in [1.29, 1.82) is 0 Å². The molecule has 0 atom stereocenters. The molecule has 6 nitrogen and oxygen atoms in total. The van der Waals surface area contributed by atoms with E-state index < -0.39 is 7.32 Å². The normalized spacial score (nSPS) is 7.67. The van der Waals surface area contributed by atoms with Crippen LogP contribution in [0.3, 0.4) is 0 Å². The molecule has 0 heterocycles. The van der Waals surface area contributed by atoms with Crippen LogP contribution in [0.2, 0.25) is 0 Å². The Morgan fingerprint density at radius 2 is 1.67 bits per heavy atom. The highest BCUT2D eigenvalue weighted by Gasteiger charge is 1.92. The third-order valence-electron chi connectivity index (χ3n) is 0.256. The van der Waals surface area contributed by atoms with Gasteiger partial charge in [-0.2, -0.15) is 0 Å². The highest BCUT2D eigenvalue weighted by atomic mass is 16.5. The summed E-state index contributed by atoms with van der Waals surface area (Å²) in [6.07, 6.45) is 0. The highest BCUT2D eigenvalue weighted by Crippen LogP contribution is 1.40. The molecule has 0 saturated carbocycles. The third kappa shape index (κ3) is 79.7. The minimum Gasteiger partial charge on any atom is -0.402 e. The lowest BCUT2D eigenvalue weighted by Gasteiger charge is -1.84. The second-order valence-electron chi connectivity index (χ2n) is 1.04. The Kier molecular flexibility index (Phi) is 13.8. The van der Waals surface area contributed by atoms with Crippen LogP contribution in [0, 0.1) is 0 Å². The Hall–Kier alpha value is -0.175. The Bertz CT molecular complexity index is 40.8. The molecule has 0 bridgehead atoms. The van der Waals surface area contributed by atoms with Gasteiger partial charge < -0.3 is 26.0 Å². The Balaban J connectivity index is 0. The molecule has 0 saturated heterocycles. The van der Waals surface area contributed by atoms with Crippen molar-refractivity contribution >= 4 is 7.32 Å². The van der Waals surface area contributed by atoms with Crippen LogP contribution in [0.5, 0.6) is 0 Å². The number of hydrogen-bond donors (Lipinski definition) is 6. The maximum absolute atomic E-state index is 7.74. The van der Waals surface area contributed by atoms with Crippen molar-refractivity contribution < 1.29 is 20.3 Å². The maximum Gasteiger partial charge on any atom is 0.631 e. The van der Waals surface area contributed by atoms with Crippen LogP contribution in [0.4, 0.5) is 0 Å². The second-order valence-corrected chi connectivity index (χ2v) is 1.04. The van der Waals surface area contributed by atoms with Crippen molar-refractivity contribution in [1.82, 2.24) is 5.48 Å². The number of nitrogens with two attached hydrogens (primary N) is 1. The third-order valence-corrected chi connectivity index (χ3v) is 0.256. The van der Waals surface area contributed by atoms with Crippen molar-refractivity contribution in [3.8, 4) is 0 Å². The quantitative estimate of drug-likeness (QED) is 0.177. The molecule has 0 unspecified atom stereocenters. The number of rotatable bonds is 2. The maximum atomic E-state index is 7.74. The summed E-state index contributed by atoms with van der Waals surface area (Å²) in [5, 5.41) is 29.2. The van der Waals surface area contributed by atoms with Gasteiger partial charge in [-0.1, -0.05) is 0 Å². The van der Waals surface area contributed by atoms with Crippen LogP contribution in [-0.4, -0.2) is 40.7 Å². The van der Waals surface area contributed by atoms with Gasteiger partial charge in [0, 0.05) is 13.1 Å². The van der Waals surface area contributed by atoms with Crippen LogP contribution in [-0.2, 0) is 0 Å². The van der Waals surface area contributed by atoms with Crippen LogP contribution in [0.15, 0.2) is 0 Å². The smallest absolute Gasteiger partial charge is 0.402 e. The lowest BCUT2D eigenvalue weighted by molar-refractivity contribution is 0.170. The predicted octanol–water partition coefficient (Wildman–Crippen LogP) is -3.13. The monoisotopic (exact) mass is 138 g/mol. The topological polar surface area (TPSA) is 119 Å². The molecule has 7 heteroatoms. The standard InChI is InChI=1S/C2H8N2O.BH3O3/c3-1-2-4-5;2-1(3)4/h4-5H,1-3H2;2-4H. The fourth-order valence-corrected chi connectivity index (χ4v) is 0.0645. The molecule has 0 aliphatic heterocycles. The molecule has 9 heavy (non-hydrogen) atoms. The summed E-state index contributed by atoms with van der Waals surface area (Å²) in [5.41, 5.74) is 6.81. The molecule has 0 aromatic carbocycles. The molecule has 0 aromatic rings. The summed E-state index contributed by atoms with van der Waals surface area (Å²) in [6.45, 7) is 0.955. The van der Waals surface area contributed by atoms with E-state index in [-0.39, 0.29) is 0 Å². The summed E-state index contributed by atoms with van der Waals surface area (Å²) in [4.78, 5) is 0. The minimum absolute atomic E-state index is 0.472. The van der Waals surface area contributed by atoms with E-state index in [0.29, 0.717) is 13.1 Å². The first-order valence-electron chi connectivity index (χ1n) is 2.26. The summed E-state index contributed by atoms with van der Waals surface area (Å²) in [5.74, 6) is 0. The molecule has 7 N–H and O–H groups in total. The van der Waals surface area contributed by atoms with E-state index >= 15 is 0 Å². The molecule has 0 aliphatic rings. The average molecular weight is 138 g/mol. The fourth-order valence-electron chi connectivity index (χ4n) is 0.0645. The second kappa shape index (κ2) is 10.7. The largest absolute Gasteiger partial charge is 0.631 e. The summed E-state index contributed by atoms with van der Waals surface area (Å²) in [7, 11) is -2.17. The van der Waals surface area contributed by atoms with Gasteiger partial charge in [-0.05, 0) is 0 Å². The average Bonchev–Trinajstić information content (AvgIpc) is 1.66. The molecule has 0 spiro atoms. The van der Waals surface area contributed by atoms with Gasteiger partial charge in [-0.15, -0.1) is 0 Å². The zero-order valence-corrected chi connectivity index (χ0v) is 4.86. The summed E-state index contributed by atoms with van der Waals surface area (Å²) in [6, 6.07) is 0. The highest BCUT2D eigenvalue weighted by molar-refractivity contribution is 6.30. The van der Waals surface area contributed by atoms with Gasteiger partial charge in [0.05, 0.1) is 0 Å². The SMILES string of the molecule is NCCNO.OB(O)O. The molecule has 0 rings (SSSR count). The van der Waals surface area contributed by atoms with E-state index in [9.17, 15) is 0 Å². The van der Waals surface area contributed by atoms with Gasteiger partial charge in [0.25, 0.3) is 0 Å². The number of hydrogen-bond acceptors (Lipinski definition) is 6. The van der Waals surface area contributed by atoms with E-state index in [2.05, 4.69) is 0 Å². The van der Waals surface area contributed by atoms with Crippen molar-refractivity contribution in [2.75, 3.05) is 13.1 Å². The molecular weight excluding hydrogens is 127 g/mol. The first kappa shape index (κ1) is 11.6. The zero-order valence-electron chi connectivity index (χ0n) is 4.86. The van der Waals surface area contributed by atoms with Crippen molar-refractivity contribution in [2.24, 2.45) is 5.73 Å². The molecule has 0 aliphatic carbocycles. The van der Waals surface area contributed by atoms with Gasteiger partial charge in [-0.3, -0.25) is 0 Å². The van der Waals surface area contributed by atoms with Crippen molar-refractivity contribution in [3.63, 3.8) is 0 Å². The van der Waals surface area contributed by atoms with Crippen LogP contribution in [0.1, 0.15) is 0 Å². The molecule has 56 valence electrons. The van der Waals surface area contributed by atoms with E-state index in [1.54, 1.807) is 0 Å². The van der Waals surface area contributed by atoms with E-state index in [0.717, 1.165) is 0 Å². The Morgan fingerprint density at radius 1 is 1.33 bits per heavy atom. The zero-order chi connectivity index (χ0) is 7.70. The lowest BCUT2D eigenvalue weighted by atomic mass is 10.3. The fraction of sp³-hybridized carbons (Fsp3) is 1.00. The van der Waals surface area contributed by atoms with Crippen LogP contribution in [0.25, 0.3) is 0 Å². The molecule has 0 fully saturated rings. The van der Waals surface area contributed by atoms with Crippen molar-refractivity contribution in [3.05, 3.63) is 0 Å². The van der Waals surface area contributed by atoms with Crippen LogP contribution < -0.4 is 11.2 Å². The van der Waals surface area contributed by atoms with E-state index in [4.69, 9.17) is 26.0 Å². The predicted molar refractivity (Wildman–Crippen MR) is 31.3 cm³/mol. The first-order chi connectivity index (χ1) is 4.15. The molecule has 0 aromatic heterocycles. The van der Waals surface area contributed by atoms with Crippen LogP contribution >= 0.6 is 0 Å². The van der Waals surface area contributed by atoms with Gasteiger partial charge in [0.2, 0.25) is 0 Å². The van der Waals surface area contributed by atoms with Gasteiger partial charge in [0.15, 0.2) is 0 Å². The van der Waals surface area contributed by atoms with Gasteiger partial charge >= 0.3 is 7.32 Å². The Morgan fingerprint density at radius 3 is 1.67 bits per heavy atom. The first-order valence-corrected chi connectivity index (χ1v) is 2.26. The van der Waals surface area contributed by atoms with Crippen molar-refractivity contribution in [2.45, 2.75) is 0 Å². The van der Waals surface area contributed by atoms with Gasteiger partial charge in [-0.25, -0.2) is 5.48 Å². The molecular formula is C2H11BN2O4. The van der Waals surface area contributed by atoms with E-state index in [1.165, 1.54) is 0 Å².